The molecule has 0 heterocycles. The molecule has 0 bridgehead atoms. The maximum absolute atomic E-state index is 3.55. The fraction of sp³-hybridized carbons (Fsp3) is 0.625. The first-order valence-corrected chi connectivity index (χ1v) is 6.93. The highest BCUT2D eigenvalue weighted by atomic mass is 14.9. The third-order valence-corrected chi connectivity index (χ3v) is 3.68. The Hall–Kier alpha value is -0.820. The average molecular weight is 231 g/mol. The van der Waals surface area contributed by atoms with Crippen molar-refractivity contribution in [2.75, 3.05) is 6.54 Å². The zero-order valence-electron chi connectivity index (χ0n) is 11.4. The molecular formula is C16H25N. The van der Waals surface area contributed by atoms with Crippen LogP contribution in [0.2, 0.25) is 0 Å². The van der Waals surface area contributed by atoms with Crippen molar-refractivity contribution >= 4 is 0 Å². The number of nitrogens with one attached hydrogen (secondary N) is 1. The Balaban J connectivity index is 1.73. The van der Waals surface area contributed by atoms with Crippen LogP contribution >= 0.6 is 0 Å². The Morgan fingerprint density at radius 2 is 1.76 bits per heavy atom. The van der Waals surface area contributed by atoms with Crippen LogP contribution in [0.15, 0.2) is 24.3 Å². The second-order valence-corrected chi connectivity index (χ2v) is 6.02. The zero-order chi connectivity index (χ0) is 12.3. The molecule has 1 aliphatic rings. The number of hydrogen-bond donors (Lipinski definition) is 1. The lowest BCUT2D eigenvalue weighted by Crippen LogP contribution is -2.16. The molecule has 0 saturated heterocycles. The molecule has 1 heteroatoms. The molecule has 17 heavy (non-hydrogen) atoms. The highest BCUT2D eigenvalue weighted by Crippen LogP contribution is 2.36. The summed E-state index contributed by atoms with van der Waals surface area (Å²) >= 11 is 0. The summed E-state index contributed by atoms with van der Waals surface area (Å²) in [6, 6.07) is 9.08. The molecule has 1 aromatic carbocycles. The Labute approximate surface area is 106 Å². The van der Waals surface area contributed by atoms with E-state index in [1.165, 1.54) is 30.5 Å². The van der Waals surface area contributed by atoms with Gasteiger partial charge in [-0.15, -0.1) is 0 Å². The van der Waals surface area contributed by atoms with E-state index in [0.29, 0.717) is 0 Å². The molecule has 1 N–H and O–H groups in total. The predicted molar refractivity (Wildman–Crippen MR) is 74.0 cm³/mol. The second kappa shape index (κ2) is 5.68. The normalized spacial score (nSPS) is 23.1. The molecule has 0 aliphatic heterocycles. The smallest absolute Gasteiger partial charge is 0.0205 e. The Morgan fingerprint density at radius 1 is 1.18 bits per heavy atom. The van der Waals surface area contributed by atoms with Gasteiger partial charge in [-0.05, 0) is 48.3 Å². The summed E-state index contributed by atoms with van der Waals surface area (Å²) in [7, 11) is 0. The fourth-order valence-corrected chi connectivity index (χ4v) is 2.35. The van der Waals surface area contributed by atoms with Crippen LogP contribution in [-0.4, -0.2) is 6.54 Å². The molecule has 0 amide bonds. The van der Waals surface area contributed by atoms with Gasteiger partial charge < -0.3 is 5.32 Å². The monoisotopic (exact) mass is 231 g/mol. The molecule has 1 fully saturated rings. The summed E-state index contributed by atoms with van der Waals surface area (Å²) in [5, 5.41) is 3.55. The Bertz CT molecular complexity index is 339. The summed E-state index contributed by atoms with van der Waals surface area (Å²) in [6.45, 7) is 9.09. The molecule has 1 aliphatic carbocycles. The van der Waals surface area contributed by atoms with Crippen LogP contribution in [0, 0.1) is 17.8 Å². The second-order valence-electron chi connectivity index (χ2n) is 6.02. The highest BCUT2D eigenvalue weighted by Gasteiger charge is 2.31. The van der Waals surface area contributed by atoms with Crippen LogP contribution in [0.3, 0.4) is 0 Å². The van der Waals surface area contributed by atoms with Crippen molar-refractivity contribution in [1.29, 1.82) is 0 Å². The average Bonchev–Trinajstić information content (AvgIpc) is 2.96. The zero-order valence-corrected chi connectivity index (χ0v) is 11.4. The van der Waals surface area contributed by atoms with E-state index in [9.17, 15) is 0 Å². The van der Waals surface area contributed by atoms with Crippen molar-refractivity contribution in [3.8, 4) is 0 Å². The van der Waals surface area contributed by atoms with Crippen molar-refractivity contribution in [1.82, 2.24) is 5.32 Å². The van der Waals surface area contributed by atoms with Gasteiger partial charge in [-0.25, -0.2) is 0 Å². The van der Waals surface area contributed by atoms with Gasteiger partial charge in [0.1, 0.15) is 0 Å². The summed E-state index contributed by atoms with van der Waals surface area (Å²) in [4.78, 5) is 0. The maximum Gasteiger partial charge on any atom is 0.0205 e. The molecule has 0 radical (unpaired) electrons. The third-order valence-electron chi connectivity index (χ3n) is 3.68. The third kappa shape index (κ3) is 4.16. The van der Waals surface area contributed by atoms with Crippen LogP contribution in [0.5, 0.6) is 0 Å². The van der Waals surface area contributed by atoms with Gasteiger partial charge in [0.2, 0.25) is 0 Å². The quantitative estimate of drug-likeness (QED) is 0.788. The SMILES string of the molecule is CC(C)Cc1ccc(CNCC2CC2C)cc1. The van der Waals surface area contributed by atoms with E-state index in [1.807, 2.05) is 0 Å². The molecule has 1 aromatic rings. The number of benzene rings is 1. The van der Waals surface area contributed by atoms with E-state index in [1.54, 1.807) is 0 Å². The van der Waals surface area contributed by atoms with E-state index >= 15 is 0 Å². The van der Waals surface area contributed by atoms with Crippen LogP contribution in [0.4, 0.5) is 0 Å². The first-order chi connectivity index (χ1) is 8.15. The minimum atomic E-state index is 0.746. The minimum Gasteiger partial charge on any atom is -0.312 e. The molecule has 1 nitrogen and oxygen atoms in total. The molecule has 2 rings (SSSR count). The number of rotatable bonds is 6. The van der Waals surface area contributed by atoms with Crippen molar-refractivity contribution in [2.45, 2.75) is 40.2 Å². The van der Waals surface area contributed by atoms with Gasteiger partial charge in [0, 0.05) is 6.54 Å². The lowest BCUT2D eigenvalue weighted by atomic mass is 10.0. The summed E-state index contributed by atoms with van der Waals surface area (Å²) in [5.74, 6) is 2.64. The van der Waals surface area contributed by atoms with Crippen LogP contribution in [-0.2, 0) is 13.0 Å². The molecule has 94 valence electrons. The van der Waals surface area contributed by atoms with Crippen LogP contribution in [0.1, 0.15) is 38.3 Å². The fourth-order valence-electron chi connectivity index (χ4n) is 2.35. The van der Waals surface area contributed by atoms with Crippen LogP contribution < -0.4 is 5.32 Å². The lowest BCUT2D eigenvalue weighted by Gasteiger charge is -2.07. The maximum atomic E-state index is 3.55. The predicted octanol–water partition coefficient (Wildman–Crippen LogP) is 3.63. The molecule has 2 atom stereocenters. The van der Waals surface area contributed by atoms with E-state index in [2.05, 4.69) is 50.4 Å². The highest BCUT2D eigenvalue weighted by molar-refractivity contribution is 5.22. The van der Waals surface area contributed by atoms with Crippen molar-refractivity contribution < 1.29 is 0 Å². The Kier molecular flexibility index (Phi) is 4.22. The van der Waals surface area contributed by atoms with Crippen molar-refractivity contribution in [3.05, 3.63) is 35.4 Å². The molecule has 0 spiro atoms. The van der Waals surface area contributed by atoms with Gasteiger partial charge in [0.05, 0.1) is 0 Å². The standard InChI is InChI=1S/C16H25N/c1-12(2)8-14-4-6-15(7-5-14)10-17-11-16-9-13(16)3/h4-7,12-13,16-17H,8-11H2,1-3H3. The van der Waals surface area contributed by atoms with E-state index in [4.69, 9.17) is 0 Å². The van der Waals surface area contributed by atoms with E-state index < -0.39 is 0 Å². The Morgan fingerprint density at radius 3 is 2.29 bits per heavy atom. The van der Waals surface area contributed by atoms with Gasteiger partial charge >= 0.3 is 0 Å². The van der Waals surface area contributed by atoms with Gasteiger partial charge in [0.25, 0.3) is 0 Å². The molecule has 1 saturated carbocycles. The van der Waals surface area contributed by atoms with Gasteiger partial charge in [0.15, 0.2) is 0 Å². The van der Waals surface area contributed by atoms with Crippen molar-refractivity contribution in [3.63, 3.8) is 0 Å². The largest absolute Gasteiger partial charge is 0.312 e. The van der Waals surface area contributed by atoms with Crippen LogP contribution in [0.25, 0.3) is 0 Å². The van der Waals surface area contributed by atoms with Gasteiger partial charge in [-0.3, -0.25) is 0 Å². The molecule has 2 unspecified atom stereocenters. The van der Waals surface area contributed by atoms with Gasteiger partial charge in [-0.2, -0.15) is 0 Å². The lowest BCUT2D eigenvalue weighted by molar-refractivity contribution is 0.611. The van der Waals surface area contributed by atoms with Crippen molar-refractivity contribution in [2.24, 2.45) is 17.8 Å². The summed E-state index contributed by atoms with van der Waals surface area (Å²) in [5.41, 5.74) is 2.87. The topological polar surface area (TPSA) is 12.0 Å². The first kappa shape index (κ1) is 12.6. The summed E-state index contributed by atoms with van der Waals surface area (Å²) in [6.07, 6.45) is 2.60. The van der Waals surface area contributed by atoms with E-state index in [0.717, 1.165) is 24.3 Å². The minimum absolute atomic E-state index is 0.746. The molecular weight excluding hydrogens is 206 g/mol. The van der Waals surface area contributed by atoms with E-state index in [-0.39, 0.29) is 0 Å². The summed E-state index contributed by atoms with van der Waals surface area (Å²) < 4.78 is 0. The number of hydrogen-bond acceptors (Lipinski definition) is 1. The molecule has 0 aromatic heterocycles. The van der Waals surface area contributed by atoms with Gasteiger partial charge in [-0.1, -0.05) is 45.0 Å². The first-order valence-electron chi connectivity index (χ1n) is 6.93.